The zero-order chi connectivity index (χ0) is 17.4. The van der Waals surface area contributed by atoms with Crippen molar-refractivity contribution in [3.8, 4) is 0 Å². The maximum absolute atomic E-state index is 12.5. The molecule has 5 heteroatoms. The quantitative estimate of drug-likeness (QED) is 0.717. The summed E-state index contributed by atoms with van der Waals surface area (Å²) in [5, 5.41) is 0. The van der Waals surface area contributed by atoms with Crippen LogP contribution >= 0.6 is 0 Å². The molecular formula is C19H34N2O3. The van der Waals surface area contributed by atoms with Gasteiger partial charge in [-0.2, -0.15) is 0 Å². The van der Waals surface area contributed by atoms with E-state index in [1.165, 1.54) is 6.42 Å². The van der Waals surface area contributed by atoms with Crippen molar-refractivity contribution in [3.05, 3.63) is 0 Å². The fraction of sp³-hybridized carbons (Fsp3) is 0.895. The highest BCUT2D eigenvalue weighted by Gasteiger charge is 2.25. The molecule has 0 saturated carbocycles. The summed E-state index contributed by atoms with van der Waals surface area (Å²) in [5.74, 6) is 1.11. The molecule has 0 bridgehead atoms. The van der Waals surface area contributed by atoms with Gasteiger partial charge in [0.25, 0.3) is 0 Å². The second-order valence-corrected chi connectivity index (χ2v) is 7.60. The number of nitrogens with zero attached hydrogens (tertiary/aromatic N) is 2. The molecule has 0 spiro atoms. The van der Waals surface area contributed by atoms with E-state index in [-0.39, 0.29) is 17.9 Å². The molecule has 2 fully saturated rings. The first kappa shape index (κ1) is 19.2. The highest BCUT2D eigenvalue weighted by molar-refractivity contribution is 5.79. The molecule has 0 N–H and O–H groups in total. The van der Waals surface area contributed by atoms with E-state index in [0.29, 0.717) is 39.1 Å². The Morgan fingerprint density at radius 3 is 2.88 bits per heavy atom. The van der Waals surface area contributed by atoms with Crippen LogP contribution in [0.3, 0.4) is 0 Å². The predicted octanol–water partition coefficient (Wildman–Crippen LogP) is 2.83. The third-order valence-corrected chi connectivity index (χ3v) is 5.07. The lowest BCUT2D eigenvalue weighted by Gasteiger charge is -2.33. The molecule has 0 aromatic heterocycles. The van der Waals surface area contributed by atoms with E-state index in [1.807, 2.05) is 9.80 Å². The first-order valence-electron chi connectivity index (χ1n) is 9.73. The molecule has 0 aromatic rings. The Morgan fingerprint density at radius 2 is 2.08 bits per heavy atom. The molecule has 0 aromatic carbocycles. The number of rotatable bonds is 7. The second kappa shape index (κ2) is 10.0. The monoisotopic (exact) mass is 338 g/mol. The summed E-state index contributed by atoms with van der Waals surface area (Å²) in [4.78, 5) is 28.3. The van der Waals surface area contributed by atoms with E-state index in [0.717, 1.165) is 44.6 Å². The van der Waals surface area contributed by atoms with E-state index in [1.54, 1.807) is 0 Å². The normalized spacial score (nSPS) is 22.8. The Kier molecular flexibility index (Phi) is 8.03. The average Bonchev–Trinajstić information content (AvgIpc) is 2.77. The molecule has 2 amide bonds. The number of likely N-dealkylation sites (tertiary alicyclic amines) is 1. The van der Waals surface area contributed by atoms with Gasteiger partial charge >= 0.3 is 0 Å². The van der Waals surface area contributed by atoms with Crippen LogP contribution in [0, 0.1) is 5.92 Å². The lowest BCUT2D eigenvalue weighted by atomic mass is 10.0. The van der Waals surface area contributed by atoms with Gasteiger partial charge < -0.3 is 14.5 Å². The van der Waals surface area contributed by atoms with Gasteiger partial charge in [-0.05, 0) is 25.2 Å². The molecule has 2 rings (SSSR count). The number of ether oxygens (including phenoxy) is 1. The molecular weight excluding hydrogens is 304 g/mol. The van der Waals surface area contributed by atoms with E-state index >= 15 is 0 Å². The number of amides is 2. The van der Waals surface area contributed by atoms with Crippen molar-refractivity contribution in [2.75, 3.05) is 32.8 Å². The van der Waals surface area contributed by atoms with Gasteiger partial charge in [-0.1, -0.05) is 33.1 Å². The van der Waals surface area contributed by atoms with Gasteiger partial charge in [0.05, 0.1) is 12.7 Å². The average molecular weight is 338 g/mol. The Balaban J connectivity index is 1.71. The molecule has 0 radical (unpaired) electrons. The minimum Gasteiger partial charge on any atom is -0.375 e. The summed E-state index contributed by atoms with van der Waals surface area (Å²) in [6.07, 6.45) is 7.86. The zero-order valence-electron chi connectivity index (χ0n) is 15.5. The third-order valence-electron chi connectivity index (χ3n) is 5.07. The van der Waals surface area contributed by atoms with Crippen molar-refractivity contribution >= 4 is 11.8 Å². The first-order chi connectivity index (χ1) is 11.6. The summed E-state index contributed by atoms with van der Waals surface area (Å²) in [5.41, 5.74) is 0. The van der Waals surface area contributed by atoms with Gasteiger partial charge in [0, 0.05) is 39.0 Å². The maximum atomic E-state index is 12.5. The summed E-state index contributed by atoms with van der Waals surface area (Å²) in [7, 11) is 0. The van der Waals surface area contributed by atoms with Gasteiger partial charge in [-0.15, -0.1) is 0 Å². The molecule has 2 aliphatic heterocycles. The van der Waals surface area contributed by atoms with Crippen LogP contribution in [0.2, 0.25) is 0 Å². The highest BCUT2D eigenvalue weighted by atomic mass is 16.5. The van der Waals surface area contributed by atoms with Crippen molar-refractivity contribution in [3.63, 3.8) is 0 Å². The van der Waals surface area contributed by atoms with Gasteiger partial charge in [0.1, 0.15) is 0 Å². The summed E-state index contributed by atoms with van der Waals surface area (Å²) in [6.45, 7) is 7.91. The highest BCUT2D eigenvalue weighted by Crippen LogP contribution is 2.16. The van der Waals surface area contributed by atoms with E-state index in [4.69, 9.17) is 4.74 Å². The summed E-state index contributed by atoms with van der Waals surface area (Å²) in [6, 6.07) is 0. The van der Waals surface area contributed by atoms with Crippen LogP contribution in [-0.4, -0.2) is 60.5 Å². The minimum absolute atomic E-state index is 0.171. The molecule has 2 aliphatic rings. The van der Waals surface area contributed by atoms with Gasteiger partial charge in [0.2, 0.25) is 11.8 Å². The standard InChI is InChI=1S/C19H34N2O3/c1-16(2)7-6-8-17-15-21(13-14-24-17)19(23)10-12-20-11-5-3-4-9-18(20)22/h16-17H,3-15H2,1-2H3/t17-/m1/s1. The van der Waals surface area contributed by atoms with Crippen LogP contribution < -0.4 is 0 Å². The van der Waals surface area contributed by atoms with Gasteiger partial charge in [-0.3, -0.25) is 9.59 Å². The molecule has 2 heterocycles. The number of carbonyl (C=O) groups is 2. The van der Waals surface area contributed by atoms with Gasteiger partial charge in [-0.25, -0.2) is 0 Å². The van der Waals surface area contributed by atoms with Crippen molar-refractivity contribution in [2.24, 2.45) is 5.92 Å². The number of hydrogen-bond acceptors (Lipinski definition) is 3. The molecule has 0 aliphatic carbocycles. The molecule has 1 atom stereocenters. The predicted molar refractivity (Wildman–Crippen MR) is 94.7 cm³/mol. The van der Waals surface area contributed by atoms with Crippen LogP contribution in [0.15, 0.2) is 0 Å². The van der Waals surface area contributed by atoms with E-state index in [9.17, 15) is 9.59 Å². The molecule has 2 saturated heterocycles. The number of hydrogen-bond donors (Lipinski definition) is 0. The first-order valence-corrected chi connectivity index (χ1v) is 9.73. The van der Waals surface area contributed by atoms with Crippen LogP contribution in [0.25, 0.3) is 0 Å². The summed E-state index contributed by atoms with van der Waals surface area (Å²) >= 11 is 0. The van der Waals surface area contributed by atoms with Crippen molar-refractivity contribution in [1.82, 2.24) is 9.80 Å². The largest absolute Gasteiger partial charge is 0.375 e. The Morgan fingerprint density at radius 1 is 1.25 bits per heavy atom. The minimum atomic E-state index is 0.171. The molecule has 24 heavy (non-hydrogen) atoms. The molecule has 0 unspecified atom stereocenters. The number of morpholine rings is 1. The fourth-order valence-electron chi connectivity index (χ4n) is 3.54. The SMILES string of the molecule is CC(C)CCC[C@@H]1CN(C(=O)CCN2CCCCCC2=O)CCO1. The lowest BCUT2D eigenvalue weighted by molar-refractivity contribution is -0.140. The Labute approximate surface area is 146 Å². The summed E-state index contributed by atoms with van der Waals surface area (Å²) < 4.78 is 5.81. The maximum Gasteiger partial charge on any atom is 0.224 e. The van der Waals surface area contributed by atoms with Crippen LogP contribution in [0.5, 0.6) is 0 Å². The third kappa shape index (κ3) is 6.42. The number of carbonyl (C=O) groups excluding carboxylic acids is 2. The molecule has 138 valence electrons. The van der Waals surface area contributed by atoms with Crippen molar-refractivity contribution < 1.29 is 14.3 Å². The smallest absolute Gasteiger partial charge is 0.224 e. The molecule has 5 nitrogen and oxygen atoms in total. The van der Waals surface area contributed by atoms with Gasteiger partial charge in [0.15, 0.2) is 0 Å². The zero-order valence-corrected chi connectivity index (χ0v) is 15.5. The topological polar surface area (TPSA) is 49.9 Å². The van der Waals surface area contributed by atoms with Crippen LogP contribution in [0.1, 0.15) is 65.2 Å². The van der Waals surface area contributed by atoms with Crippen molar-refractivity contribution in [1.29, 1.82) is 0 Å². The fourth-order valence-corrected chi connectivity index (χ4v) is 3.54. The Bertz CT molecular complexity index is 411. The van der Waals surface area contributed by atoms with E-state index in [2.05, 4.69) is 13.8 Å². The van der Waals surface area contributed by atoms with E-state index < -0.39 is 0 Å². The lowest BCUT2D eigenvalue weighted by Crippen LogP contribution is -2.46. The Hall–Kier alpha value is -1.10. The van der Waals surface area contributed by atoms with Crippen molar-refractivity contribution in [2.45, 2.75) is 71.3 Å². The van der Waals surface area contributed by atoms with Crippen LogP contribution in [0.4, 0.5) is 0 Å². The second-order valence-electron chi connectivity index (χ2n) is 7.60. The van der Waals surface area contributed by atoms with Crippen LogP contribution in [-0.2, 0) is 14.3 Å².